The van der Waals surface area contributed by atoms with Crippen LogP contribution in [0.1, 0.15) is 105 Å². The summed E-state index contributed by atoms with van der Waals surface area (Å²) in [6.45, 7) is 28.1. The number of hydrogen-bond acceptors (Lipinski definition) is 0. The minimum Gasteiger partial charge on any atom is -0.0622 e. The Balaban J connectivity index is 1.16. The molecule has 374 valence electrons. The lowest BCUT2D eigenvalue weighted by Crippen LogP contribution is -2.16. The summed E-state index contributed by atoms with van der Waals surface area (Å²) in [7, 11) is 0. The molecule has 0 saturated heterocycles. The van der Waals surface area contributed by atoms with Crippen molar-refractivity contribution in [3.63, 3.8) is 0 Å². The van der Waals surface area contributed by atoms with E-state index in [1.54, 1.807) is 0 Å². The van der Waals surface area contributed by atoms with Gasteiger partial charge >= 0.3 is 0 Å². The first-order valence-corrected chi connectivity index (χ1v) is 27.5. The fourth-order valence-electron chi connectivity index (χ4n) is 11.8. The van der Waals surface area contributed by atoms with E-state index in [9.17, 15) is 0 Å². The maximum Gasteiger partial charge on any atom is -0.00923 e. The predicted octanol–water partition coefficient (Wildman–Crippen LogP) is 22.1. The highest BCUT2D eigenvalue weighted by Gasteiger charge is 2.26. The lowest BCUT2D eigenvalue weighted by Gasteiger charge is -2.27. The molecule has 0 bridgehead atoms. The minimum atomic E-state index is -0.0389. The molecule has 0 nitrogen and oxygen atoms in total. The van der Waals surface area contributed by atoms with Gasteiger partial charge in [-0.05, 0) is 201 Å². The van der Waals surface area contributed by atoms with E-state index in [1.807, 2.05) is 0 Å². The SMILES string of the molecule is CC(C)(C)c1cc(-c2cc3c4ccc(-c5ccc6c(c5)c(-c5ccccc5)cc5c7ccccc7c(-c7ccccc7)cc65)cc4c(-c4cc(C(C)(C)C)cc(C(C)(C)C)c4)cc3c3ccccc23)cc(C(C)(C)C)c1. The van der Waals surface area contributed by atoms with Crippen LogP contribution in [0.3, 0.4) is 0 Å². The standard InChI is InChI=1S/C76H70/c1-73(2,3)53-35-51(36-54(41-53)74(4,5)6)65-45-72-62-34-32-50(40-68(62)66(46-70(72)60-30-22-20-28-58(60)65)52-37-55(75(7,8)9)42-56(38-52)76(10,11)12)49-31-33-61-67(39-49)64(48-25-17-14-18-26-48)44-69-59-29-21-19-27-57(59)63(43-71(61)69)47-23-15-13-16-24-47/h13-46H,1-12H3. The van der Waals surface area contributed by atoms with Crippen molar-refractivity contribution in [2.45, 2.75) is 105 Å². The predicted molar refractivity (Wildman–Crippen MR) is 333 cm³/mol. The fraction of sp³-hybridized carbons (Fsp3) is 0.211. The molecule has 0 amide bonds. The third-order valence-corrected chi connectivity index (χ3v) is 16.4. The van der Waals surface area contributed by atoms with Crippen LogP contribution in [-0.2, 0) is 21.7 Å². The molecule has 0 heterocycles. The Morgan fingerprint density at radius 2 is 0.434 bits per heavy atom. The zero-order valence-corrected chi connectivity index (χ0v) is 46.6. The van der Waals surface area contributed by atoms with Crippen molar-refractivity contribution in [1.82, 2.24) is 0 Å². The second kappa shape index (κ2) is 17.9. The quantitative estimate of drug-likeness (QED) is 0.151. The van der Waals surface area contributed by atoms with Crippen LogP contribution in [0, 0.1) is 0 Å². The molecule has 0 aromatic heterocycles. The second-order valence-electron chi connectivity index (χ2n) is 25.8. The lowest BCUT2D eigenvalue weighted by molar-refractivity contribution is 0.568. The third kappa shape index (κ3) is 8.67. The third-order valence-electron chi connectivity index (χ3n) is 16.4. The van der Waals surface area contributed by atoms with Crippen LogP contribution >= 0.6 is 0 Å². The first-order chi connectivity index (χ1) is 36.2. The molecule has 0 spiro atoms. The van der Waals surface area contributed by atoms with Crippen LogP contribution in [0.2, 0.25) is 0 Å². The van der Waals surface area contributed by atoms with Gasteiger partial charge in [0.2, 0.25) is 0 Å². The topological polar surface area (TPSA) is 0 Å². The normalized spacial score (nSPS) is 12.7. The maximum absolute atomic E-state index is 2.53. The highest BCUT2D eigenvalue weighted by Crippen LogP contribution is 2.48. The summed E-state index contributed by atoms with van der Waals surface area (Å²) in [6, 6.07) is 79.2. The van der Waals surface area contributed by atoms with Crippen molar-refractivity contribution < 1.29 is 0 Å². The second-order valence-corrected chi connectivity index (χ2v) is 25.8. The van der Waals surface area contributed by atoms with Gasteiger partial charge in [-0.15, -0.1) is 0 Å². The van der Waals surface area contributed by atoms with Gasteiger partial charge in [-0.1, -0.05) is 253 Å². The number of hydrogen-bond donors (Lipinski definition) is 0. The first kappa shape index (κ1) is 49.1. The van der Waals surface area contributed by atoms with E-state index in [-0.39, 0.29) is 21.7 Å². The van der Waals surface area contributed by atoms with Gasteiger partial charge in [0.15, 0.2) is 0 Å². The monoisotopic (exact) mass is 983 g/mol. The van der Waals surface area contributed by atoms with Crippen molar-refractivity contribution in [3.05, 3.63) is 229 Å². The fourth-order valence-corrected chi connectivity index (χ4v) is 11.8. The van der Waals surface area contributed by atoms with Crippen LogP contribution in [0.4, 0.5) is 0 Å². The van der Waals surface area contributed by atoms with Crippen LogP contribution in [0.5, 0.6) is 0 Å². The molecule has 0 aliphatic carbocycles. The summed E-state index contributed by atoms with van der Waals surface area (Å²) >= 11 is 0. The van der Waals surface area contributed by atoms with Crippen LogP contribution in [0.15, 0.2) is 206 Å². The highest BCUT2D eigenvalue weighted by molar-refractivity contribution is 6.26. The lowest BCUT2D eigenvalue weighted by atomic mass is 9.77. The summed E-state index contributed by atoms with van der Waals surface area (Å²) < 4.78 is 0. The van der Waals surface area contributed by atoms with Gasteiger partial charge in [0, 0.05) is 0 Å². The van der Waals surface area contributed by atoms with E-state index in [0.29, 0.717) is 0 Å². The van der Waals surface area contributed by atoms with E-state index in [0.717, 1.165) is 0 Å². The van der Waals surface area contributed by atoms with E-state index in [1.165, 1.54) is 143 Å². The molecule has 0 unspecified atom stereocenters. The molecule has 0 radical (unpaired) electrons. The molecule has 12 rings (SSSR count). The average molecular weight is 983 g/mol. The number of fused-ring (bicyclic) bond motifs is 10. The van der Waals surface area contributed by atoms with Crippen LogP contribution in [0.25, 0.3) is 120 Å². The molecule has 0 aliphatic heterocycles. The van der Waals surface area contributed by atoms with Crippen molar-refractivity contribution in [1.29, 1.82) is 0 Å². The van der Waals surface area contributed by atoms with Gasteiger partial charge in [-0.2, -0.15) is 0 Å². The Morgan fingerprint density at radius 3 is 0.763 bits per heavy atom. The molecule has 12 aromatic carbocycles. The molecule has 0 atom stereocenters. The van der Waals surface area contributed by atoms with Gasteiger partial charge in [0.05, 0.1) is 0 Å². The molecule has 0 N–H and O–H groups in total. The van der Waals surface area contributed by atoms with Gasteiger partial charge in [-0.25, -0.2) is 0 Å². The Morgan fingerprint density at radius 1 is 0.171 bits per heavy atom. The molecule has 12 aromatic rings. The summed E-state index contributed by atoms with van der Waals surface area (Å²) in [5.41, 5.74) is 17.8. The van der Waals surface area contributed by atoms with E-state index in [2.05, 4.69) is 289 Å². The summed E-state index contributed by atoms with van der Waals surface area (Å²) in [5, 5.41) is 15.2. The molecular formula is C76H70. The highest BCUT2D eigenvalue weighted by atomic mass is 14.3. The Kier molecular flexibility index (Phi) is 11.6. The van der Waals surface area contributed by atoms with Gasteiger partial charge < -0.3 is 0 Å². The zero-order chi connectivity index (χ0) is 53.1. The van der Waals surface area contributed by atoms with Gasteiger partial charge in [-0.3, -0.25) is 0 Å². The Bertz CT molecular complexity index is 4210. The van der Waals surface area contributed by atoms with Crippen molar-refractivity contribution in [2.24, 2.45) is 0 Å². The van der Waals surface area contributed by atoms with Gasteiger partial charge in [0.1, 0.15) is 0 Å². The number of rotatable bonds is 5. The van der Waals surface area contributed by atoms with Crippen LogP contribution in [-0.4, -0.2) is 0 Å². The molecule has 0 saturated carbocycles. The molecule has 0 heteroatoms. The maximum atomic E-state index is 2.53. The Hall–Kier alpha value is -7.80. The van der Waals surface area contributed by atoms with Crippen molar-refractivity contribution in [3.8, 4) is 55.6 Å². The molecule has 0 aliphatic rings. The first-order valence-electron chi connectivity index (χ1n) is 27.5. The Labute approximate surface area is 451 Å². The largest absolute Gasteiger partial charge is 0.0622 e. The summed E-state index contributed by atoms with van der Waals surface area (Å²) in [6.07, 6.45) is 0. The summed E-state index contributed by atoms with van der Waals surface area (Å²) in [5.74, 6) is 0. The molecular weight excluding hydrogens is 913 g/mol. The van der Waals surface area contributed by atoms with E-state index in [4.69, 9.17) is 0 Å². The van der Waals surface area contributed by atoms with E-state index < -0.39 is 0 Å². The average Bonchev–Trinajstić information content (AvgIpc) is 3.46. The van der Waals surface area contributed by atoms with Crippen molar-refractivity contribution in [2.75, 3.05) is 0 Å². The zero-order valence-electron chi connectivity index (χ0n) is 46.6. The minimum absolute atomic E-state index is 0.00857. The summed E-state index contributed by atoms with van der Waals surface area (Å²) in [4.78, 5) is 0. The van der Waals surface area contributed by atoms with E-state index >= 15 is 0 Å². The van der Waals surface area contributed by atoms with Crippen LogP contribution < -0.4 is 0 Å². The van der Waals surface area contributed by atoms with Gasteiger partial charge in [0.25, 0.3) is 0 Å². The number of benzene rings is 12. The smallest absolute Gasteiger partial charge is 0.00923 e. The van der Waals surface area contributed by atoms with Crippen molar-refractivity contribution >= 4 is 64.6 Å². The molecule has 76 heavy (non-hydrogen) atoms. The molecule has 0 fully saturated rings.